The highest BCUT2D eigenvalue weighted by molar-refractivity contribution is 7.14. The summed E-state index contributed by atoms with van der Waals surface area (Å²) in [6, 6.07) is 12.6. The van der Waals surface area contributed by atoms with E-state index in [0.717, 1.165) is 72.4 Å². The number of rotatable bonds is 8. The van der Waals surface area contributed by atoms with Crippen molar-refractivity contribution in [2.75, 3.05) is 38.1 Å². The second-order valence-electron chi connectivity index (χ2n) is 12.9. The summed E-state index contributed by atoms with van der Waals surface area (Å²) >= 11 is 1.63. The highest BCUT2D eigenvalue weighted by Gasteiger charge is 2.78. The first-order chi connectivity index (χ1) is 20.1. The quantitative estimate of drug-likeness (QED) is 0.405. The Hall–Kier alpha value is -3.43. The first-order valence-corrected chi connectivity index (χ1v) is 15.8. The van der Waals surface area contributed by atoms with Crippen LogP contribution in [0.25, 0.3) is 11.3 Å². The van der Waals surface area contributed by atoms with Crippen molar-refractivity contribution in [2.24, 2.45) is 23.2 Å². The molecular weight excluding hydrogens is 548 g/mol. The minimum atomic E-state index is -0.632. The van der Waals surface area contributed by atoms with Gasteiger partial charge in [0.25, 0.3) is 0 Å². The molecule has 1 spiro atoms. The Morgan fingerprint density at radius 2 is 2.00 bits per heavy atom. The number of carbonyl (C=O) groups is 2. The summed E-state index contributed by atoms with van der Waals surface area (Å²) in [6.45, 7) is 10.8. The lowest BCUT2D eigenvalue weighted by atomic mass is 9.66. The number of hydrogen-bond donors (Lipinski definition) is 1. The standard InChI is InChI=1S/C33H38N4O4S/c1-19-5-8-28(41-16-23-7-6-22(12-20(23)2)14-36-10-9-35(4)30(38)21(36)3)24(11-19)27-17-42-32(34-27)37-15-26-29(31(39)40)25-13-33(25,26)18-37/h5-8,11-12,17,21,25-26,29H,9-10,13-16,18H2,1-4H3,(H,39,40). The monoisotopic (exact) mass is 586 g/mol. The van der Waals surface area contributed by atoms with Crippen LogP contribution >= 0.6 is 11.3 Å². The average Bonchev–Trinajstić information content (AvgIpc) is 3.23. The molecule has 1 N–H and O–H groups in total. The van der Waals surface area contributed by atoms with E-state index in [-0.39, 0.29) is 29.2 Å². The zero-order chi connectivity index (χ0) is 29.3. The maximum Gasteiger partial charge on any atom is 0.307 e. The van der Waals surface area contributed by atoms with Crippen LogP contribution in [0.1, 0.15) is 35.6 Å². The molecule has 2 saturated carbocycles. The van der Waals surface area contributed by atoms with Gasteiger partial charge in [-0.2, -0.15) is 0 Å². The van der Waals surface area contributed by atoms with Gasteiger partial charge in [0.1, 0.15) is 12.4 Å². The molecule has 220 valence electrons. The van der Waals surface area contributed by atoms with Crippen molar-refractivity contribution < 1.29 is 19.4 Å². The zero-order valence-electron chi connectivity index (χ0n) is 24.7. The number of aryl methyl sites for hydroxylation is 2. The molecule has 2 aliphatic heterocycles. The van der Waals surface area contributed by atoms with Gasteiger partial charge in [0.05, 0.1) is 17.7 Å². The Labute approximate surface area is 250 Å². The highest BCUT2D eigenvalue weighted by Crippen LogP contribution is 2.76. The van der Waals surface area contributed by atoms with Crippen molar-refractivity contribution in [3.05, 3.63) is 64.0 Å². The maximum absolute atomic E-state index is 12.4. The van der Waals surface area contributed by atoms with Crippen LogP contribution < -0.4 is 9.64 Å². The smallest absolute Gasteiger partial charge is 0.307 e. The summed E-state index contributed by atoms with van der Waals surface area (Å²) in [7, 11) is 1.87. The Morgan fingerprint density at radius 3 is 2.79 bits per heavy atom. The van der Waals surface area contributed by atoms with Crippen LogP contribution in [-0.4, -0.2) is 71.0 Å². The number of carboxylic acids is 1. The van der Waals surface area contributed by atoms with Crippen molar-refractivity contribution in [3.8, 4) is 17.0 Å². The molecule has 5 atom stereocenters. The molecule has 2 saturated heterocycles. The third kappa shape index (κ3) is 4.48. The predicted octanol–water partition coefficient (Wildman–Crippen LogP) is 4.83. The summed E-state index contributed by atoms with van der Waals surface area (Å²) in [6.07, 6.45) is 1.05. The molecule has 4 aliphatic rings. The lowest BCUT2D eigenvalue weighted by Crippen LogP contribution is -2.53. The Bertz CT molecular complexity index is 1570. The van der Waals surface area contributed by atoms with E-state index in [2.05, 4.69) is 59.4 Å². The molecule has 7 rings (SSSR count). The van der Waals surface area contributed by atoms with E-state index in [9.17, 15) is 14.7 Å². The first-order valence-electron chi connectivity index (χ1n) is 14.9. The largest absolute Gasteiger partial charge is 0.488 e. The summed E-state index contributed by atoms with van der Waals surface area (Å²) < 4.78 is 6.41. The number of amides is 1. The average molecular weight is 587 g/mol. The maximum atomic E-state index is 12.4. The summed E-state index contributed by atoms with van der Waals surface area (Å²) in [5, 5.41) is 12.7. The summed E-state index contributed by atoms with van der Waals surface area (Å²) in [4.78, 5) is 35.5. The van der Waals surface area contributed by atoms with Crippen molar-refractivity contribution in [3.63, 3.8) is 0 Å². The number of aromatic nitrogens is 1. The molecule has 42 heavy (non-hydrogen) atoms. The Morgan fingerprint density at radius 1 is 1.17 bits per heavy atom. The fraction of sp³-hybridized carbons (Fsp3) is 0.485. The molecule has 1 amide bonds. The number of nitrogens with zero attached hydrogens (tertiary/aromatic N) is 4. The van der Waals surface area contributed by atoms with Gasteiger partial charge in [-0.15, -0.1) is 11.3 Å². The summed E-state index contributed by atoms with van der Waals surface area (Å²) in [5.41, 5.74) is 6.75. The van der Waals surface area contributed by atoms with Gasteiger partial charge in [-0.25, -0.2) is 4.98 Å². The van der Waals surface area contributed by atoms with Gasteiger partial charge in [0, 0.05) is 50.7 Å². The van der Waals surface area contributed by atoms with E-state index in [1.807, 2.05) is 24.9 Å². The minimum absolute atomic E-state index is 0.106. The van der Waals surface area contributed by atoms with Gasteiger partial charge < -0.3 is 19.6 Å². The fourth-order valence-electron chi connectivity index (χ4n) is 7.71. The van der Waals surface area contributed by atoms with Crippen LogP contribution in [-0.2, 0) is 22.7 Å². The second-order valence-corrected chi connectivity index (χ2v) is 13.7. The van der Waals surface area contributed by atoms with E-state index >= 15 is 0 Å². The Kier molecular flexibility index (Phi) is 6.58. The van der Waals surface area contributed by atoms with E-state index in [1.54, 1.807) is 11.3 Å². The fourth-order valence-corrected chi connectivity index (χ4v) is 8.54. The van der Waals surface area contributed by atoms with E-state index < -0.39 is 5.97 Å². The normalized spacial score (nSPS) is 28.3. The molecule has 3 heterocycles. The molecule has 9 heteroatoms. The lowest BCUT2D eigenvalue weighted by Gasteiger charge is -2.37. The zero-order valence-corrected chi connectivity index (χ0v) is 25.5. The van der Waals surface area contributed by atoms with Crippen molar-refractivity contribution in [1.82, 2.24) is 14.8 Å². The van der Waals surface area contributed by atoms with Gasteiger partial charge in [-0.05, 0) is 73.3 Å². The number of aliphatic carboxylic acids is 1. The number of ether oxygens (including phenoxy) is 1. The third-order valence-electron chi connectivity index (χ3n) is 10.3. The van der Waals surface area contributed by atoms with Gasteiger partial charge in [0.2, 0.25) is 5.91 Å². The van der Waals surface area contributed by atoms with Gasteiger partial charge in [-0.3, -0.25) is 14.5 Å². The number of benzene rings is 2. The molecule has 2 aromatic carbocycles. The lowest BCUT2D eigenvalue weighted by molar-refractivity contribution is -0.150. The van der Waals surface area contributed by atoms with Crippen LogP contribution in [0, 0.1) is 37.0 Å². The number of anilines is 1. The number of carboxylic acid groups (broad SMARTS) is 1. The third-order valence-corrected chi connectivity index (χ3v) is 11.2. The molecule has 5 unspecified atom stereocenters. The molecule has 3 aromatic rings. The molecule has 4 fully saturated rings. The SMILES string of the molecule is Cc1ccc(OCc2ccc(CN3CCN(C)C(=O)C3C)cc2C)c(-c2csc(N3CC4C(C(=O)O)C5CC45C3)n2)c1. The van der Waals surface area contributed by atoms with Crippen LogP contribution in [0.5, 0.6) is 5.75 Å². The van der Waals surface area contributed by atoms with Gasteiger partial charge in [0.15, 0.2) is 5.13 Å². The second kappa shape index (κ2) is 10.1. The number of carbonyl (C=O) groups excluding carboxylic acids is 1. The number of piperazine rings is 1. The number of thiazole rings is 1. The van der Waals surface area contributed by atoms with Crippen LogP contribution in [0.3, 0.4) is 0 Å². The molecular formula is C33H38N4O4S. The van der Waals surface area contributed by atoms with Crippen molar-refractivity contribution in [1.29, 1.82) is 0 Å². The van der Waals surface area contributed by atoms with Gasteiger partial charge >= 0.3 is 5.97 Å². The van der Waals surface area contributed by atoms with Gasteiger partial charge in [-0.1, -0.05) is 29.8 Å². The molecule has 1 aromatic heterocycles. The number of hydrogen-bond acceptors (Lipinski definition) is 7. The molecule has 0 bridgehead atoms. The number of likely N-dealkylation sites (N-methyl/N-ethyl adjacent to an activating group) is 1. The molecule has 8 nitrogen and oxygen atoms in total. The first kappa shape index (κ1) is 27.4. The van der Waals surface area contributed by atoms with Crippen LogP contribution in [0.15, 0.2) is 41.8 Å². The topological polar surface area (TPSA) is 86.2 Å². The van der Waals surface area contributed by atoms with Crippen molar-refractivity contribution >= 4 is 28.3 Å². The minimum Gasteiger partial charge on any atom is -0.488 e. The van der Waals surface area contributed by atoms with E-state index in [4.69, 9.17) is 9.72 Å². The summed E-state index contributed by atoms with van der Waals surface area (Å²) in [5.74, 6) is 0.792. The van der Waals surface area contributed by atoms with Crippen molar-refractivity contribution in [2.45, 2.75) is 46.4 Å². The van der Waals surface area contributed by atoms with E-state index in [0.29, 0.717) is 12.5 Å². The van der Waals surface area contributed by atoms with Crippen LogP contribution in [0.2, 0.25) is 0 Å². The molecule has 0 radical (unpaired) electrons. The highest BCUT2D eigenvalue weighted by atomic mass is 32.1. The predicted molar refractivity (Wildman–Crippen MR) is 163 cm³/mol. The Balaban J connectivity index is 1.03. The van der Waals surface area contributed by atoms with E-state index in [1.165, 1.54) is 11.1 Å². The van der Waals surface area contributed by atoms with Crippen LogP contribution in [0.4, 0.5) is 5.13 Å². The molecule has 2 aliphatic carbocycles.